The third-order valence-electron chi connectivity index (χ3n) is 5.86. The third kappa shape index (κ3) is 4.76. The molecule has 34 heavy (non-hydrogen) atoms. The fraction of sp³-hybridized carbons (Fsp3) is 0.240. The number of anilines is 2. The number of imidazole rings is 1. The average molecular weight is 521 g/mol. The average Bonchev–Trinajstić information content (AvgIpc) is 3.44. The molecular formula is C25H25BrN6O2. The number of hydrogen-bond acceptors (Lipinski definition) is 6. The number of nitrogens with zero attached hydrogens (tertiary/aromatic N) is 3. The highest BCUT2D eigenvalue weighted by Gasteiger charge is 2.18. The Morgan fingerprint density at radius 2 is 2.03 bits per heavy atom. The van der Waals surface area contributed by atoms with Gasteiger partial charge in [0.15, 0.2) is 0 Å². The maximum Gasteiger partial charge on any atom is 0.270 e. The molecule has 174 valence electrons. The first kappa shape index (κ1) is 22.4. The molecule has 2 aromatic carbocycles. The number of hydrogen-bond donors (Lipinski definition) is 3. The Balaban J connectivity index is 1.33. The molecule has 1 unspecified atom stereocenters. The second-order valence-corrected chi connectivity index (χ2v) is 9.23. The lowest BCUT2D eigenvalue weighted by molar-refractivity contribution is 0.0934. The van der Waals surface area contributed by atoms with Crippen LogP contribution in [0.25, 0.3) is 11.0 Å². The molecular weight excluding hydrogens is 496 g/mol. The number of aryl methyl sites for hydroxylation is 2. The van der Waals surface area contributed by atoms with Crippen LogP contribution in [0.3, 0.4) is 0 Å². The minimum atomic E-state index is -0.196. The first-order chi connectivity index (χ1) is 16.5. The van der Waals surface area contributed by atoms with E-state index in [1.165, 1.54) is 0 Å². The van der Waals surface area contributed by atoms with Gasteiger partial charge >= 0.3 is 0 Å². The Labute approximate surface area is 205 Å². The van der Waals surface area contributed by atoms with Crippen molar-refractivity contribution in [2.75, 3.05) is 18.4 Å². The Hall–Kier alpha value is -3.43. The Bertz CT molecular complexity index is 1360. The highest BCUT2D eigenvalue weighted by molar-refractivity contribution is 9.10. The van der Waals surface area contributed by atoms with Gasteiger partial charge in [-0.15, -0.1) is 0 Å². The number of amides is 1. The van der Waals surface area contributed by atoms with Gasteiger partial charge in [0, 0.05) is 48.1 Å². The Kier molecular flexibility index (Phi) is 6.21. The largest absolute Gasteiger partial charge is 0.457 e. The third-order valence-corrected chi connectivity index (χ3v) is 6.75. The summed E-state index contributed by atoms with van der Waals surface area (Å²) in [7, 11) is 1.97. The summed E-state index contributed by atoms with van der Waals surface area (Å²) >= 11 is 3.53. The summed E-state index contributed by atoms with van der Waals surface area (Å²) in [5, 5.41) is 9.62. The molecule has 1 aliphatic heterocycles. The van der Waals surface area contributed by atoms with E-state index in [0.29, 0.717) is 17.2 Å². The second-order valence-electron chi connectivity index (χ2n) is 8.38. The lowest BCUT2D eigenvalue weighted by atomic mass is 10.2. The fourth-order valence-corrected chi connectivity index (χ4v) is 4.23. The van der Waals surface area contributed by atoms with Crippen molar-refractivity contribution in [3.05, 3.63) is 70.5 Å². The molecule has 4 aromatic rings. The molecule has 1 fully saturated rings. The number of pyridine rings is 1. The van der Waals surface area contributed by atoms with E-state index in [4.69, 9.17) is 9.72 Å². The van der Waals surface area contributed by atoms with Crippen LogP contribution in [0.2, 0.25) is 0 Å². The highest BCUT2D eigenvalue weighted by atomic mass is 79.9. The molecule has 0 bridgehead atoms. The van der Waals surface area contributed by atoms with Gasteiger partial charge in [0.05, 0.1) is 11.0 Å². The Morgan fingerprint density at radius 1 is 1.18 bits per heavy atom. The van der Waals surface area contributed by atoms with Crippen LogP contribution < -0.4 is 20.7 Å². The number of rotatable bonds is 6. The van der Waals surface area contributed by atoms with Crippen LogP contribution in [0.15, 0.2) is 59.2 Å². The van der Waals surface area contributed by atoms with Crippen molar-refractivity contribution in [1.82, 2.24) is 25.2 Å². The van der Waals surface area contributed by atoms with Crippen LogP contribution in [0, 0.1) is 6.92 Å². The molecule has 5 rings (SSSR count). The first-order valence-electron chi connectivity index (χ1n) is 11.1. The van der Waals surface area contributed by atoms with Gasteiger partial charge in [-0.25, -0.2) is 4.98 Å². The molecule has 8 nitrogen and oxygen atoms in total. The molecule has 9 heteroatoms. The smallest absolute Gasteiger partial charge is 0.270 e. The molecule has 1 amide bonds. The van der Waals surface area contributed by atoms with E-state index < -0.39 is 0 Å². The predicted molar refractivity (Wildman–Crippen MR) is 136 cm³/mol. The lowest BCUT2D eigenvalue weighted by Gasteiger charge is -2.11. The molecule has 0 radical (unpaired) electrons. The molecule has 2 aromatic heterocycles. The van der Waals surface area contributed by atoms with Crippen molar-refractivity contribution >= 4 is 44.5 Å². The summed E-state index contributed by atoms with van der Waals surface area (Å²) in [5.74, 6) is 1.72. The van der Waals surface area contributed by atoms with Crippen molar-refractivity contribution in [1.29, 1.82) is 0 Å². The number of ether oxygens (including phenoxy) is 1. The molecule has 1 atom stereocenters. The van der Waals surface area contributed by atoms with Gasteiger partial charge in [-0.2, -0.15) is 0 Å². The van der Waals surface area contributed by atoms with Gasteiger partial charge in [-0.1, -0.05) is 15.9 Å². The molecule has 1 saturated heterocycles. The zero-order valence-electron chi connectivity index (χ0n) is 18.9. The van der Waals surface area contributed by atoms with E-state index in [1.54, 1.807) is 18.3 Å². The van der Waals surface area contributed by atoms with Crippen molar-refractivity contribution < 1.29 is 9.53 Å². The van der Waals surface area contributed by atoms with Crippen LogP contribution in [-0.4, -0.2) is 39.6 Å². The summed E-state index contributed by atoms with van der Waals surface area (Å²) in [6.07, 6.45) is 2.50. The summed E-state index contributed by atoms with van der Waals surface area (Å²) < 4.78 is 9.11. The van der Waals surface area contributed by atoms with Crippen molar-refractivity contribution in [2.45, 2.75) is 19.4 Å². The van der Waals surface area contributed by atoms with E-state index in [0.717, 1.165) is 52.2 Å². The van der Waals surface area contributed by atoms with Crippen molar-refractivity contribution in [2.24, 2.45) is 7.05 Å². The van der Waals surface area contributed by atoms with Gasteiger partial charge < -0.3 is 25.3 Å². The summed E-state index contributed by atoms with van der Waals surface area (Å²) in [5.41, 5.74) is 4.22. The van der Waals surface area contributed by atoms with Gasteiger partial charge in [0.1, 0.15) is 17.2 Å². The quantitative estimate of drug-likeness (QED) is 0.342. The molecule has 3 N–H and O–H groups in total. The minimum absolute atomic E-state index is 0.134. The maximum absolute atomic E-state index is 12.5. The van der Waals surface area contributed by atoms with E-state index in [9.17, 15) is 4.79 Å². The molecule has 1 aliphatic rings. The van der Waals surface area contributed by atoms with Gasteiger partial charge in [-0.05, 0) is 61.9 Å². The Morgan fingerprint density at radius 3 is 2.82 bits per heavy atom. The number of benzene rings is 2. The zero-order valence-corrected chi connectivity index (χ0v) is 20.5. The van der Waals surface area contributed by atoms with Crippen LogP contribution in [-0.2, 0) is 7.05 Å². The lowest BCUT2D eigenvalue weighted by Crippen LogP contribution is -2.36. The van der Waals surface area contributed by atoms with E-state index in [2.05, 4.69) is 42.9 Å². The number of aromatic nitrogens is 3. The minimum Gasteiger partial charge on any atom is -0.457 e. The topological polar surface area (TPSA) is 93.1 Å². The second kappa shape index (κ2) is 9.44. The van der Waals surface area contributed by atoms with Crippen molar-refractivity contribution in [3.8, 4) is 11.5 Å². The number of fused-ring (bicyclic) bond motifs is 1. The summed E-state index contributed by atoms with van der Waals surface area (Å²) in [4.78, 5) is 21.5. The number of carbonyl (C=O) groups is 1. The normalized spacial score (nSPS) is 15.4. The monoisotopic (exact) mass is 520 g/mol. The number of halogens is 1. The number of carbonyl (C=O) groups excluding carboxylic acids is 1. The zero-order chi connectivity index (χ0) is 23.7. The first-order valence-corrected chi connectivity index (χ1v) is 11.9. The molecule has 0 saturated carbocycles. The van der Waals surface area contributed by atoms with Crippen LogP contribution >= 0.6 is 15.9 Å². The van der Waals surface area contributed by atoms with E-state index >= 15 is 0 Å². The van der Waals surface area contributed by atoms with E-state index in [-0.39, 0.29) is 11.9 Å². The van der Waals surface area contributed by atoms with Crippen LogP contribution in [0.4, 0.5) is 11.6 Å². The van der Waals surface area contributed by atoms with Gasteiger partial charge in [-0.3, -0.25) is 9.78 Å². The van der Waals surface area contributed by atoms with Crippen LogP contribution in [0.5, 0.6) is 11.5 Å². The van der Waals surface area contributed by atoms with Gasteiger partial charge in [0.25, 0.3) is 5.91 Å². The number of nitrogens with one attached hydrogen (secondary N) is 3. The summed E-state index contributed by atoms with van der Waals surface area (Å²) in [6.45, 7) is 3.75. The highest BCUT2D eigenvalue weighted by Crippen LogP contribution is 2.29. The molecule has 3 heterocycles. The van der Waals surface area contributed by atoms with Crippen molar-refractivity contribution in [3.63, 3.8) is 0 Å². The summed E-state index contributed by atoms with van der Waals surface area (Å²) in [6, 6.07) is 15.4. The standard InChI is InChI=1S/C25H25BrN6O2/c1-15-11-16(3-5-20(15)26)30-25-31-21-12-18(4-6-23(21)32(25)2)34-19-8-10-28-22(13-19)24(33)29-17-7-9-27-14-17/h3-6,8,10-13,17,27H,7,9,14H2,1-2H3,(H,29,33)(H,30,31). The predicted octanol–water partition coefficient (Wildman–Crippen LogP) is 4.67. The van der Waals surface area contributed by atoms with Crippen LogP contribution in [0.1, 0.15) is 22.5 Å². The van der Waals surface area contributed by atoms with Gasteiger partial charge in [0.2, 0.25) is 5.95 Å². The van der Waals surface area contributed by atoms with E-state index in [1.807, 2.05) is 48.9 Å². The SMILES string of the molecule is Cc1cc(Nc2nc3cc(Oc4ccnc(C(=O)NC5CCNC5)c4)ccc3n2C)ccc1Br. The molecule has 0 aliphatic carbocycles. The fourth-order valence-electron chi connectivity index (χ4n) is 3.98. The molecule has 0 spiro atoms. The maximum atomic E-state index is 12.5.